The van der Waals surface area contributed by atoms with Gasteiger partial charge in [0.15, 0.2) is 0 Å². The quantitative estimate of drug-likeness (QED) is 0.813. The molecule has 18 heavy (non-hydrogen) atoms. The number of alkyl halides is 2. The first-order valence-electron chi connectivity index (χ1n) is 5.75. The number of carbonyl (C=O) groups excluding carboxylic acids is 1. The maximum absolute atomic E-state index is 12.1. The summed E-state index contributed by atoms with van der Waals surface area (Å²) in [4.78, 5) is 11.7. The molecule has 0 fully saturated rings. The van der Waals surface area contributed by atoms with Crippen molar-refractivity contribution in [2.24, 2.45) is 11.7 Å². The molecule has 1 aromatic heterocycles. The molecule has 102 valence electrons. The number of nitrogens with one attached hydrogen (secondary N) is 1. The number of amides is 1. The van der Waals surface area contributed by atoms with Crippen molar-refractivity contribution in [2.45, 2.75) is 39.3 Å². The van der Waals surface area contributed by atoms with Crippen LogP contribution >= 0.6 is 0 Å². The van der Waals surface area contributed by atoms with Crippen LogP contribution in [0.15, 0.2) is 12.4 Å². The van der Waals surface area contributed by atoms with Crippen LogP contribution in [0.1, 0.15) is 20.3 Å². The summed E-state index contributed by atoms with van der Waals surface area (Å²) >= 11 is 0. The van der Waals surface area contributed by atoms with Crippen molar-refractivity contribution >= 4 is 11.6 Å². The Morgan fingerprint density at radius 2 is 2.22 bits per heavy atom. The van der Waals surface area contributed by atoms with E-state index in [0.717, 1.165) is 4.68 Å². The highest BCUT2D eigenvalue weighted by Crippen LogP contribution is 2.09. The molecular formula is C11H18F2N4O. The Kier molecular flexibility index (Phi) is 5.21. The number of hydrogen-bond donors (Lipinski definition) is 2. The second kappa shape index (κ2) is 6.44. The van der Waals surface area contributed by atoms with Crippen LogP contribution in [-0.4, -0.2) is 28.2 Å². The minimum atomic E-state index is -2.48. The fourth-order valence-electron chi connectivity index (χ4n) is 1.52. The summed E-state index contributed by atoms with van der Waals surface area (Å²) in [5.74, 6) is -0.0207. The molecule has 0 bridgehead atoms. The minimum Gasteiger partial charge on any atom is -0.322 e. The van der Waals surface area contributed by atoms with Crippen LogP contribution in [-0.2, 0) is 11.3 Å². The van der Waals surface area contributed by atoms with Gasteiger partial charge in [-0.05, 0) is 12.3 Å². The highest BCUT2D eigenvalue weighted by atomic mass is 19.3. The number of nitrogens with zero attached hydrogens (tertiary/aromatic N) is 2. The van der Waals surface area contributed by atoms with E-state index in [-0.39, 0.29) is 5.91 Å². The van der Waals surface area contributed by atoms with Crippen LogP contribution in [0.25, 0.3) is 0 Å². The third-order valence-corrected chi connectivity index (χ3v) is 2.29. The monoisotopic (exact) mass is 260 g/mol. The van der Waals surface area contributed by atoms with Crippen LogP contribution in [0, 0.1) is 5.92 Å². The second-order valence-corrected chi connectivity index (χ2v) is 4.57. The number of halogens is 2. The molecule has 0 spiro atoms. The number of aromatic nitrogens is 2. The fraction of sp³-hybridized carbons (Fsp3) is 0.636. The van der Waals surface area contributed by atoms with E-state index in [1.807, 2.05) is 13.8 Å². The molecule has 0 aliphatic carbocycles. The molecule has 1 heterocycles. The van der Waals surface area contributed by atoms with Crippen molar-refractivity contribution < 1.29 is 13.6 Å². The van der Waals surface area contributed by atoms with Crippen molar-refractivity contribution in [2.75, 3.05) is 5.32 Å². The lowest BCUT2D eigenvalue weighted by molar-refractivity contribution is -0.117. The van der Waals surface area contributed by atoms with Crippen molar-refractivity contribution in [3.63, 3.8) is 0 Å². The van der Waals surface area contributed by atoms with Crippen molar-refractivity contribution in [3.8, 4) is 0 Å². The number of hydrogen-bond acceptors (Lipinski definition) is 3. The number of nitrogens with two attached hydrogens (primary N) is 1. The standard InChI is InChI=1S/C11H18F2N4O/c1-7(2)3-9(14)11(18)16-8-4-15-17(5-8)6-10(12)13/h4-5,7,9-10H,3,6,14H2,1-2H3,(H,16,18)/t9-/m0/s1. The summed E-state index contributed by atoms with van der Waals surface area (Å²) in [6, 6.07) is -0.608. The zero-order valence-electron chi connectivity index (χ0n) is 10.4. The molecule has 7 heteroatoms. The molecule has 0 aromatic carbocycles. The molecule has 0 unspecified atom stereocenters. The van der Waals surface area contributed by atoms with E-state index in [0.29, 0.717) is 18.0 Å². The Bertz CT molecular complexity index is 392. The van der Waals surface area contributed by atoms with Crippen LogP contribution in [0.5, 0.6) is 0 Å². The van der Waals surface area contributed by atoms with Crippen LogP contribution in [0.3, 0.4) is 0 Å². The zero-order valence-corrected chi connectivity index (χ0v) is 10.4. The van der Waals surface area contributed by atoms with Gasteiger partial charge in [0.1, 0.15) is 6.54 Å². The van der Waals surface area contributed by atoms with Crippen LogP contribution < -0.4 is 11.1 Å². The summed E-state index contributed by atoms with van der Waals surface area (Å²) in [5, 5.41) is 6.26. The number of anilines is 1. The Hall–Kier alpha value is -1.50. The molecule has 1 atom stereocenters. The van der Waals surface area contributed by atoms with Gasteiger partial charge in [0, 0.05) is 6.20 Å². The van der Waals surface area contributed by atoms with Gasteiger partial charge >= 0.3 is 0 Å². The molecule has 0 aliphatic rings. The van der Waals surface area contributed by atoms with E-state index in [4.69, 9.17) is 5.73 Å². The van der Waals surface area contributed by atoms with Gasteiger partial charge in [-0.15, -0.1) is 0 Å². The Balaban J connectivity index is 2.51. The third kappa shape index (κ3) is 4.79. The predicted molar refractivity (Wildman–Crippen MR) is 64.3 cm³/mol. The minimum absolute atomic E-state index is 0.312. The van der Waals surface area contributed by atoms with E-state index in [9.17, 15) is 13.6 Å². The molecule has 0 aliphatic heterocycles. The smallest absolute Gasteiger partial charge is 0.257 e. The average Bonchev–Trinajstić information content (AvgIpc) is 2.63. The van der Waals surface area contributed by atoms with Crippen molar-refractivity contribution in [3.05, 3.63) is 12.4 Å². The van der Waals surface area contributed by atoms with E-state index >= 15 is 0 Å². The highest BCUT2D eigenvalue weighted by Gasteiger charge is 2.16. The van der Waals surface area contributed by atoms with Crippen molar-refractivity contribution in [1.29, 1.82) is 0 Å². The van der Waals surface area contributed by atoms with E-state index in [1.165, 1.54) is 12.4 Å². The Labute approximate surface area is 104 Å². The lowest BCUT2D eigenvalue weighted by Gasteiger charge is -2.12. The van der Waals surface area contributed by atoms with Gasteiger partial charge in [-0.3, -0.25) is 9.48 Å². The van der Waals surface area contributed by atoms with Gasteiger partial charge in [-0.2, -0.15) is 5.10 Å². The maximum Gasteiger partial charge on any atom is 0.257 e. The normalized spacial score (nSPS) is 13.1. The molecule has 0 saturated carbocycles. The Morgan fingerprint density at radius 3 is 2.78 bits per heavy atom. The second-order valence-electron chi connectivity index (χ2n) is 4.57. The van der Waals surface area contributed by atoms with Gasteiger partial charge in [-0.1, -0.05) is 13.8 Å². The van der Waals surface area contributed by atoms with Gasteiger partial charge in [0.2, 0.25) is 5.91 Å². The predicted octanol–water partition coefficient (Wildman–Crippen LogP) is 1.46. The summed E-state index contributed by atoms with van der Waals surface area (Å²) in [5.41, 5.74) is 6.07. The molecular weight excluding hydrogens is 242 g/mol. The molecule has 0 radical (unpaired) electrons. The van der Waals surface area contributed by atoms with Crippen LogP contribution in [0.4, 0.5) is 14.5 Å². The lowest BCUT2D eigenvalue weighted by atomic mass is 10.0. The van der Waals surface area contributed by atoms with E-state index in [2.05, 4.69) is 10.4 Å². The third-order valence-electron chi connectivity index (χ3n) is 2.29. The molecule has 1 aromatic rings. The molecule has 3 N–H and O–H groups in total. The van der Waals surface area contributed by atoms with Crippen molar-refractivity contribution in [1.82, 2.24) is 9.78 Å². The van der Waals surface area contributed by atoms with Gasteiger partial charge in [-0.25, -0.2) is 8.78 Å². The van der Waals surface area contributed by atoms with Gasteiger partial charge in [0.05, 0.1) is 17.9 Å². The first-order valence-corrected chi connectivity index (χ1v) is 5.75. The summed E-state index contributed by atoms with van der Waals surface area (Å²) in [6.07, 6.45) is 0.766. The largest absolute Gasteiger partial charge is 0.322 e. The lowest BCUT2D eigenvalue weighted by Crippen LogP contribution is -2.36. The van der Waals surface area contributed by atoms with Crippen LogP contribution in [0.2, 0.25) is 0 Å². The summed E-state index contributed by atoms with van der Waals surface area (Å²) < 4.78 is 25.3. The van der Waals surface area contributed by atoms with E-state index < -0.39 is 19.0 Å². The van der Waals surface area contributed by atoms with Gasteiger partial charge in [0.25, 0.3) is 6.43 Å². The van der Waals surface area contributed by atoms with Gasteiger partial charge < -0.3 is 11.1 Å². The molecule has 1 rings (SSSR count). The topological polar surface area (TPSA) is 72.9 Å². The first kappa shape index (κ1) is 14.6. The molecule has 0 saturated heterocycles. The zero-order chi connectivity index (χ0) is 13.7. The molecule has 5 nitrogen and oxygen atoms in total. The number of rotatable bonds is 6. The maximum atomic E-state index is 12.1. The Morgan fingerprint density at radius 1 is 1.56 bits per heavy atom. The SMILES string of the molecule is CC(C)C[C@H](N)C(=O)Nc1cnn(CC(F)F)c1. The fourth-order valence-corrected chi connectivity index (χ4v) is 1.52. The number of carbonyl (C=O) groups is 1. The average molecular weight is 260 g/mol. The van der Waals surface area contributed by atoms with E-state index in [1.54, 1.807) is 0 Å². The summed E-state index contributed by atoms with van der Waals surface area (Å²) in [7, 11) is 0. The molecule has 1 amide bonds. The first-order chi connectivity index (χ1) is 8.38. The summed E-state index contributed by atoms with van der Waals surface area (Å²) in [6.45, 7) is 3.44. The highest BCUT2D eigenvalue weighted by molar-refractivity contribution is 5.94.